The third-order valence-electron chi connectivity index (χ3n) is 6.93. The summed E-state index contributed by atoms with van der Waals surface area (Å²) in [6.07, 6.45) is 5.70. The first-order chi connectivity index (χ1) is 20.1. The van der Waals surface area contributed by atoms with Crippen molar-refractivity contribution in [2.75, 3.05) is 25.7 Å². The number of halogens is 1. The molecule has 0 aliphatic carbocycles. The van der Waals surface area contributed by atoms with E-state index in [1.54, 1.807) is 52.3 Å². The Labute approximate surface area is 254 Å². The molecule has 0 bridgehead atoms. The maximum atomic E-state index is 14.0. The van der Waals surface area contributed by atoms with Crippen LogP contribution in [-0.2, 0) is 9.53 Å². The van der Waals surface area contributed by atoms with Crippen LogP contribution in [0.3, 0.4) is 0 Å². The van der Waals surface area contributed by atoms with Gasteiger partial charge in [-0.1, -0.05) is 29.0 Å². The van der Waals surface area contributed by atoms with Crippen LogP contribution in [0.2, 0.25) is 5.02 Å². The van der Waals surface area contributed by atoms with Gasteiger partial charge in [-0.2, -0.15) is 0 Å². The summed E-state index contributed by atoms with van der Waals surface area (Å²) in [5.74, 6) is 0.521. The summed E-state index contributed by atoms with van der Waals surface area (Å²) in [5, 5.41) is 0.652. The number of esters is 1. The second-order valence-corrected chi connectivity index (χ2v) is 10.9. The Morgan fingerprint density at radius 2 is 1.83 bits per heavy atom. The number of hydrogen-bond acceptors (Lipinski definition) is 8. The number of aromatic nitrogens is 1. The second-order valence-electron chi connectivity index (χ2n) is 9.48. The van der Waals surface area contributed by atoms with Gasteiger partial charge in [0.15, 0.2) is 4.80 Å². The molecule has 4 rings (SSSR count). The fourth-order valence-electron chi connectivity index (χ4n) is 4.83. The highest BCUT2D eigenvalue weighted by atomic mass is 35.5. The number of carbonyl (C=O) groups is 1. The van der Waals surface area contributed by atoms with Crippen molar-refractivity contribution < 1.29 is 19.0 Å². The van der Waals surface area contributed by atoms with Crippen molar-refractivity contribution in [2.45, 2.75) is 40.7 Å². The fourth-order valence-corrected chi connectivity index (χ4v) is 5.94. The molecule has 1 aliphatic heterocycles. The molecule has 0 saturated carbocycles. The molecule has 0 amide bonds. The Bertz CT molecular complexity index is 1770. The van der Waals surface area contributed by atoms with E-state index < -0.39 is 12.0 Å². The molecule has 10 heteroatoms. The summed E-state index contributed by atoms with van der Waals surface area (Å²) in [7, 11) is 3.10. The van der Waals surface area contributed by atoms with Crippen LogP contribution >= 0.6 is 22.9 Å². The highest BCUT2D eigenvalue weighted by Crippen LogP contribution is 2.37. The third kappa shape index (κ3) is 6.07. The van der Waals surface area contributed by atoms with Crippen LogP contribution in [0.4, 0.5) is 5.69 Å². The molecule has 1 atom stereocenters. The molecule has 2 heterocycles. The van der Waals surface area contributed by atoms with E-state index in [-0.39, 0.29) is 17.7 Å². The lowest BCUT2D eigenvalue weighted by atomic mass is 9.95. The number of hydrogen-bond donors (Lipinski definition) is 0. The average Bonchev–Trinajstić information content (AvgIpc) is 3.30. The Balaban J connectivity index is 1.92. The molecule has 0 radical (unpaired) electrons. The molecule has 220 valence electrons. The molecule has 0 fully saturated rings. The van der Waals surface area contributed by atoms with Crippen molar-refractivity contribution in [1.29, 1.82) is 0 Å². The summed E-state index contributed by atoms with van der Waals surface area (Å²) < 4.78 is 18.5. The first-order valence-corrected chi connectivity index (χ1v) is 14.6. The van der Waals surface area contributed by atoms with Crippen LogP contribution < -0.4 is 29.3 Å². The van der Waals surface area contributed by atoms with Crippen LogP contribution in [0, 0.1) is 0 Å². The number of benzene rings is 2. The van der Waals surface area contributed by atoms with Crippen LogP contribution in [0.5, 0.6) is 11.5 Å². The van der Waals surface area contributed by atoms with Gasteiger partial charge in [-0.15, -0.1) is 0 Å². The van der Waals surface area contributed by atoms with Crippen molar-refractivity contribution in [1.82, 2.24) is 4.57 Å². The standard InChI is InChI=1S/C32H34ClN3O5S/c1-8-19(3)35(23-13-11-22(33)12-14-23)20(4)10-17-27-30(37)36-29(25-18-24(39-6)15-16-26(25)40-7)28(31(38)41-9-2)21(5)34-32(36)42-27/h8,10-18,29H,9H2,1-7H3/b19-8-,20-10+,27-17-. The largest absolute Gasteiger partial charge is 0.497 e. The number of fused-ring (bicyclic) bond motifs is 1. The molecule has 0 spiro atoms. The first kappa shape index (κ1) is 30.9. The van der Waals surface area contributed by atoms with Gasteiger partial charge in [0.25, 0.3) is 5.56 Å². The van der Waals surface area contributed by atoms with Gasteiger partial charge in [0, 0.05) is 27.7 Å². The van der Waals surface area contributed by atoms with E-state index >= 15 is 0 Å². The minimum atomic E-state index is -0.826. The van der Waals surface area contributed by atoms with Crippen molar-refractivity contribution in [3.05, 3.63) is 108 Å². The predicted octanol–water partition coefficient (Wildman–Crippen LogP) is 5.75. The van der Waals surface area contributed by atoms with Gasteiger partial charge in [0.1, 0.15) is 17.5 Å². The van der Waals surface area contributed by atoms with Crippen molar-refractivity contribution in [3.8, 4) is 11.5 Å². The molecule has 3 aromatic rings. The first-order valence-electron chi connectivity index (χ1n) is 13.4. The summed E-state index contributed by atoms with van der Waals surface area (Å²) in [6.45, 7) is 9.63. The monoisotopic (exact) mass is 607 g/mol. The summed E-state index contributed by atoms with van der Waals surface area (Å²) in [4.78, 5) is 34.5. The molecule has 0 N–H and O–H groups in total. The fraction of sp³-hybridized carbons (Fsp3) is 0.281. The summed E-state index contributed by atoms with van der Waals surface area (Å²) >= 11 is 7.38. The Morgan fingerprint density at radius 1 is 1.12 bits per heavy atom. The third-order valence-corrected chi connectivity index (χ3v) is 8.19. The van der Waals surface area contributed by atoms with Crippen LogP contribution in [-0.4, -0.2) is 31.4 Å². The molecule has 1 aliphatic rings. The van der Waals surface area contributed by atoms with Crippen LogP contribution in [0.15, 0.2) is 87.1 Å². The minimum absolute atomic E-state index is 0.182. The number of allylic oxidation sites excluding steroid dienone is 5. The van der Waals surface area contributed by atoms with E-state index in [0.717, 1.165) is 17.1 Å². The highest BCUT2D eigenvalue weighted by Gasteiger charge is 2.35. The van der Waals surface area contributed by atoms with Crippen LogP contribution in [0.1, 0.15) is 46.2 Å². The number of methoxy groups -OCH3 is 2. The topological polar surface area (TPSA) is 82.4 Å². The molecule has 1 aromatic heterocycles. The number of ether oxygens (including phenoxy) is 3. The van der Waals surface area contributed by atoms with E-state index in [1.165, 1.54) is 15.9 Å². The molecule has 1 unspecified atom stereocenters. The molecule has 2 aromatic carbocycles. The molecule has 42 heavy (non-hydrogen) atoms. The maximum absolute atomic E-state index is 14.0. The van der Waals surface area contributed by atoms with Crippen molar-refractivity contribution >= 4 is 40.7 Å². The Hall–Kier alpha value is -4.08. The smallest absolute Gasteiger partial charge is 0.338 e. The number of rotatable bonds is 9. The highest BCUT2D eigenvalue weighted by molar-refractivity contribution is 7.07. The lowest BCUT2D eigenvalue weighted by molar-refractivity contribution is -0.139. The average molecular weight is 608 g/mol. The lowest BCUT2D eigenvalue weighted by Crippen LogP contribution is -2.40. The van der Waals surface area contributed by atoms with Gasteiger partial charge in [-0.05, 0) is 89.2 Å². The van der Waals surface area contributed by atoms with Crippen LogP contribution in [0.25, 0.3) is 6.08 Å². The number of nitrogens with zero attached hydrogens (tertiary/aromatic N) is 3. The minimum Gasteiger partial charge on any atom is -0.497 e. The zero-order valence-electron chi connectivity index (χ0n) is 24.7. The second kappa shape index (κ2) is 13.3. The van der Waals surface area contributed by atoms with E-state index in [0.29, 0.717) is 37.1 Å². The van der Waals surface area contributed by atoms with Gasteiger partial charge in [-0.3, -0.25) is 9.36 Å². The Kier molecular flexibility index (Phi) is 9.75. The predicted molar refractivity (Wildman–Crippen MR) is 168 cm³/mol. The molecular formula is C32H34ClN3O5S. The lowest BCUT2D eigenvalue weighted by Gasteiger charge is -2.26. The van der Waals surface area contributed by atoms with E-state index in [9.17, 15) is 9.59 Å². The molecule has 8 nitrogen and oxygen atoms in total. The number of thiazole rings is 1. The van der Waals surface area contributed by atoms with Gasteiger partial charge >= 0.3 is 5.97 Å². The van der Waals surface area contributed by atoms with Crippen molar-refractivity contribution in [3.63, 3.8) is 0 Å². The Morgan fingerprint density at radius 3 is 2.45 bits per heavy atom. The van der Waals surface area contributed by atoms with Gasteiger partial charge in [0.2, 0.25) is 0 Å². The van der Waals surface area contributed by atoms with Gasteiger partial charge in [0.05, 0.1) is 36.6 Å². The zero-order chi connectivity index (χ0) is 30.6. The number of anilines is 1. The zero-order valence-corrected chi connectivity index (χ0v) is 26.3. The van der Waals surface area contributed by atoms with Crippen molar-refractivity contribution in [2.24, 2.45) is 4.99 Å². The maximum Gasteiger partial charge on any atom is 0.338 e. The van der Waals surface area contributed by atoms with E-state index in [2.05, 4.69) is 9.89 Å². The van der Waals surface area contributed by atoms with Gasteiger partial charge < -0.3 is 19.1 Å². The van der Waals surface area contributed by atoms with Gasteiger partial charge in [-0.25, -0.2) is 9.79 Å². The quantitative estimate of drug-likeness (QED) is 0.288. The van der Waals surface area contributed by atoms with E-state index in [4.69, 9.17) is 25.8 Å². The number of carbonyl (C=O) groups excluding carboxylic acids is 1. The molecule has 0 saturated heterocycles. The normalized spacial score (nSPS) is 15.7. The van der Waals surface area contributed by atoms with E-state index in [1.807, 2.05) is 57.2 Å². The summed E-state index contributed by atoms with van der Waals surface area (Å²) in [6, 6.07) is 12.0. The SMILES string of the molecule is C/C=C(/C)N(/C(C)=C/C=c1\sc2n(c1=O)C(c1cc(OC)ccc1OC)C(C(=O)OCC)=C(C)N=2)c1ccc(Cl)cc1. The summed E-state index contributed by atoms with van der Waals surface area (Å²) in [5.41, 5.74) is 3.90. The molecular weight excluding hydrogens is 574 g/mol.